The zero-order chi connectivity index (χ0) is 21.1. The lowest BCUT2D eigenvalue weighted by Crippen LogP contribution is -2.53. The summed E-state index contributed by atoms with van der Waals surface area (Å²) in [6, 6.07) is 17.6. The summed E-state index contributed by atoms with van der Waals surface area (Å²) >= 11 is 0. The number of carbonyl (C=O) groups excluding carboxylic acids is 3. The fourth-order valence-electron chi connectivity index (χ4n) is 2.92. The van der Waals surface area contributed by atoms with E-state index in [9.17, 15) is 14.4 Å². The maximum absolute atomic E-state index is 12.6. The van der Waals surface area contributed by atoms with E-state index in [2.05, 4.69) is 17.2 Å². The van der Waals surface area contributed by atoms with Gasteiger partial charge in [-0.25, -0.2) is 4.79 Å². The first-order chi connectivity index (χ1) is 14.0. The summed E-state index contributed by atoms with van der Waals surface area (Å²) in [6.07, 6.45) is 2.92. The van der Waals surface area contributed by atoms with Crippen molar-refractivity contribution in [3.05, 3.63) is 84.4 Å². The van der Waals surface area contributed by atoms with E-state index in [1.165, 1.54) is 13.2 Å². The molecule has 2 N–H and O–H groups in total. The molecule has 0 aliphatic heterocycles. The fraction of sp³-hybridized carbons (Fsp3) is 0.261. The number of esters is 1. The highest BCUT2D eigenvalue weighted by molar-refractivity contribution is 5.99. The Labute approximate surface area is 171 Å². The molecule has 0 heterocycles. The molecular weight excluding hydrogens is 368 g/mol. The largest absolute Gasteiger partial charge is 0.467 e. The van der Waals surface area contributed by atoms with Crippen molar-refractivity contribution in [1.29, 1.82) is 0 Å². The summed E-state index contributed by atoms with van der Waals surface area (Å²) in [5.41, 5.74) is -0.291. The van der Waals surface area contributed by atoms with E-state index in [0.29, 0.717) is 36.9 Å². The SMILES string of the molecule is C=C[C@](CCCCNC(=O)c1ccccc1)(NC(=O)c1ccccc1)C(=O)OC. The third kappa shape index (κ3) is 6.04. The number of ether oxygens (including phenoxy) is 1. The number of carbonyl (C=O) groups is 3. The van der Waals surface area contributed by atoms with E-state index >= 15 is 0 Å². The van der Waals surface area contributed by atoms with Crippen molar-refractivity contribution < 1.29 is 19.1 Å². The average molecular weight is 394 g/mol. The molecule has 0 aliphatic carbocycles. The van der Waals surface area contributed by atoms with E-state index in [-0.39, 0.29) is 11.8 Å². The quantitative estimate of drug-likeness (QED) is 0.368. The van der Waals surface area contributed by atoms with Gasteiger partial charge in [0.05, 0.1) is 7.11 Å². The van der Waals surface area contributed by atoms with Crippen LogP contribution in [0.15, 0.2) is 73.3 Å². The molecule has 0 saturated carbocycles. The summed E-state index contributed by atoms with van der Waals surface area (Å²) in [7, 11) is 1.27. The van der Waals surface area contributed by atoms with Crippen molar-refractivity contribution in [3.8, 4) is 0 Å². The third-order valence-electron chi connectivity index (χ3n) is 4.59. The van der Waals surface area contributed by atoms with Gasteiger partial charge in [0.2, 0.25) is 0 Å². The summed E-state index contributed by atoms with van der Waals surface area (Å²) in [5, 5.41) is 5.60. The molecular formula is C23H26N2O4. The van der Waals surface area contributed by atoms with Gasteiger partial charge in [-0.2, -0.15) is 0 Å². The Morgan fingerprint density at radius 3 is 2.00 bits per heavy atom. The zero-order valence-electron chi connectivity index (χ0n) is 16.5. The van der Waals surface area contributed by atoms with Crippen molar-refractivity contribution >= 4 is 17.8 Å². The minimum Gasteiger partial charge on any atom is -0.467 e. The van der Waals surface area contributed by atoms with Gasteiger partial charge in [-0.05, 0) is 43.5 Å². The van der Waals surface area contributed by atoms with Crippen molar-refractivity contribution in [2.45, 2.75) is 24.8 Å². The highest BCUT2D eigenvalue weighted by Gasteiger charge is 2.37. The van der Waals surface area contributed by atoms with Crippen LogP contribution < -0.4 is 10.6 Å². The monoisotopic (exact) mass is 394 g/mol. The molecule has 0 aromatic heterocycles. The predicted molar refractivity (Wildman–Crippen MR) is 111 cm³/mol. The molecule has 1 atom stereocenters. The maximum atomic E-state index is 12.6. The first-order valence-corrected chi connectivity index (χ1v) is 9.45. The van der Waals surface area contributed by atoms with Crippen LogP contribution in [0.2, 0.25) is 0 Å². The molecule has 2 amide bonds. The maximum Gasteiger partial charge on any atom is 0.335 e. The zero-order valence-corrected chi connectivity index (χ0v) is 16.5. The molecule has 0 bridgehead atoms. The Hall–Kier alpha value is -3.41. The first kappa shape index (κ1) is 21.9. The van der Waals surface area contributed by atoms with Crippen LogP contribution in [0, 0.1) is 0 Å². The smallest absolute Gasteiger partial charge is 0.335 e. The Balaban J connectivity index is 1.92. The van der Waals surface area contributed by atoms with Gasteiger partial charge in [0.1, 0.15) is 0 Å². The van der Waals surface area contributed by atoms with Crippen LogP contribution in [0.1, 0.15) is 40.0 Å². The molecule has 152 valence electrons. The molecule has 0 saturated heterocycles. The van der Waals surface area contributed by atoms with E-state index in [4.69, 9.17) is 4.74 Å². The number of hydrogen-bond acceptors (Lipinski definition) is 4. The lowest BCUT2D eigenvalue weighted by atomic mass is 9.91. The third-order valence-corrected chi connectivity index (χ3v) is 4.59. The molecule has 29 heavy (non-hydrogen) atoms. The van der Waals surface area contributed by atoms with Gasteiger partial charge < -0.3 is 15.4 Å². The van der Waals surface area contributed by atoms with Crippen LogP contribution in [-0.4, -0.2) is 37.0 Å². The summed E-state index contributed by atoms with van der Waals surface area (Å²) < 4.78 is 4.90. The van der Waals surface area contributed by atoms with Crippen LogP contribution in [0.25, 0.3) is 0 Å². The van der Waals surface area contributed by atoms with Gasteiger partial charge in [-0.1, -0.05) is 42.5 Å². The van der Waals surface area contributed by atoms with Crippen molar-refractivity contribution in [1.82, 2.24) is 10.6 Å². The van der Waals surface area contributed by atoms with E-state index in [1.807, 2.05) is 12.1 Å². The highest BCUT2D eigenvalue weighted by Crippen LogP contribution is 2.19. The fourth-order valence-corrected chi connectivity index (χ4v) is 2.92. The van der Waals surface area contributed by atoms with Gasteiger partial charge in [-0.15, -0.1) is 6.58 Å². The number of nitrogens with one attached hydrogen (secondary N) is 2. The number of unbranched alkanes of at least 4 members (excludes halogenated alkanes) is 1. The molecule has 0 unspecified atom stereocenters. The Morgan fingerprint density at radius 2 is 1.48 bits per heavy atom. The molecule has 6 nitrogen and oxygen atoms in total. The summed E-state index contributed by atoms with van der Waals surface area (Å²) in [5.74, 6) is -1.11. The lowest BCUT2D eigenvalue weighted by Gasteiger charge is -2.29. The van der Waals surface area contributed by atoms with Gasteiger partial charge in [0.25, 0.3) is 11.8 Å². The van der Waals surface area contributed by atoms with Crippen LogP contribution in [0.3, 0.4) is 0 Å². The van der Waals surface area contributed by atoms with Crippen LogP contribution in [0.5, 0.6) is 0 Å². The van der Waals surface area contributed by atoms with Crippen LogP contribution in [-0.2, 0) is 9.53 Å². The van der Waals surface area contributed by atoms with Crippen LogP contribution in [0.4, 0.5) is 0 Å². The molecule has 0 radical (unpaired) electrons. The van der Waals surface area contributed by atoms with Crippen molar-refractivity contribution in [2.24, 2.45) is 0 Å². The standard InChI is InChI=1S/C23H26N2O4/c1-3-23(22(28)29-2,25-21(27)19-14-8-5-9-15-19)16-10-11-17-24-20(26)18-12-6-4-7-13-18/h3-9,12-15H,1,10-11,16-17H2,2H3,(H,24,26)(H,25,27)/t23-/m1/s1. The minimum absolute atomic E-state index is 0.147. The lowest BCUT2D eigenvalue weighted by molar-refractivity contribution is -0.146. The van der Waals surface area contributed by atoms with Gasteiger partial charge in [0.15, 0.2) is 5.54 Å². The molecule has 2 rings (SSSR count). The molecule has 2 aromatic rings. The molecule has 2 aromatic carbocycles. The van der Waals surface area contributed by atoms with E-state index in [1.54, 1.807) is 48.5 Å². The Morgan fingerprint density at radius 1 is 0.931 bits per heavy atom. The Kier molecular flexibility index (Phi) is 8.15. The molecule has 0 aliphatic rings. The normalized spacial score (nSPS) is 12.3. The summed E-state index contributed by atoms with van der Waals surface area (Å²) in [6.45, 7) is 4.18. The van der Waals surface area contributed by atoms with Gasteiger partial charge in [0, 0.05) is 17.7 Å². The minimum atomic E-state index is -1.33. The molecule has 0 fully saturated rings. The summed E-state index contributed by atoms with van der Waals surface area (Å²) in [4.78, 5) is 37.0. The molecule has 0 spiro atoms. The highest BCUT2D eigenvalue weighted by atomic mass is 16.5. The second-order valence-corrected chi connectivity index (χ2v) is 6.57. The molecule has 6 heteroatoms. The first-order valence-electron chi connectivity index (χ1n) is 9.45. The number of hydrogen-bond donors (Lipinski definition) is 2. The second-order valence-electron chi connectivity index (χ2n) is 6.57. The van der Waals surface area contributed by atoms with E-state index in [0.717, 1.165) is 0 Å². The van der Waals surface area contributed by atoms with Gasteiger partial charge in [-0.3, -0.25) is 9.59 Å². The number of methoxy groups -OCH3 is 1. The second kappa shape index (κ2) is 10.8. The number of amides is 2. The van der Waals surface area contributed by atoms with Gasteiger partial charge >= 0.3 is 5.97 Å². The number of rotatable bonds is 10. The van der Waals surface area contributed by atoms with Crippen LogP contribution >= 0.6 is 0 Å². The van der Waals surface area contributed by atoms with Crippen molar-refractivity contribution in [2.75, 3.05) is 13.7 Å². The predicted octanol–water partition coefficient (Wildman–Crippen LogP) is 3.11. The van der Waals surface area contributed by atoms with Crippen molar-refractivity contribution in [3.63, 3.8) is 0 Å². The Bertz CT molecular complexity index is 836. The topological polar surface area (TPSA) is 84.5 Å². The average Bonchev–Trinajstić information content (AvgIpc) is 2.78. The van der Waals surface area contributed by atoms with E-state index < -0.39 is 11.5 Å². The number of benzene rings is 2.